The van der Waals surface area contributed by atoms with Gasteiger partial charge in [0.1, 0.15) is 17.3 Å². The number of ketones is 3. The summed E-state index contributed by atoms with van der Waals surface area (Å²) < 4.78 is 0. The smallest absolute Gasteiger partial charge is 0.303 e. The van der Waals surface area contributed by atoms with E-state index in [1.807, 2.05) is 0 Å². The Hall–Kier alpha value is -2.66. The van der Waals surface area contributed by atoms with Crippen LogP contribution in [0.2, 0.25) is 0 Å². The van der Waals surface area contributed by atoms with Crippen LogP contribution < -0.4 is 0 Å². The van der Waals surface area contributed by atoms with Gasteiger partial charge in [-0.15, -0.1) is 0 Å². The van der Waals surface area contributed by atoms with Crippen LogP contribution in [0.1, 0.15) is 276 Å². The third-order valence-electron chi connectivity index (χ3n) is 31.7. The van der Waals surface area contributed by atoms with Crippen molar-refractivity contribution < 1.29 is 54.3 Å². The molecule has 12 aliphatic carbocycles. The number of carboxylic acids is 3. The van der Waals surface area contributed by atoms with Gasteiger partial charge in [-0.3, -0.25) is 28.8 Å². The quantitative estimate of drug-likeness (QED) is 0.111. The number of hydrogen-bond acceptors (Lipinski definition) is 8. The van der Waals surface area contributed by atoms with Gasteiger partial charge in [0.15, 0.2) is 0 Å². The Morgan fingerprint density at radius 2 is 0.739 bits per heavy atom. The van der Waals surface area contributed by atoms with Gasteiger partial charge < -0.3 is 25.5 Å². The first-order chi connectivity index (χ1) is 41.4. The van der Waals surface area contributed by atoms with Crippen LogP contribution in [0.15, 0.2) is 0 Å². The number of carboxylic acid groups (broad SMARTS) is 3. The zero-order valence-electron chi connectivity index (χ0n) is 57.2. The van der Waals surface area contributed by atoms with Gasteiger partial charge in [-0.2, -0.15) is 0 Å². The Morgan fingerprint density at radius 1 is 0.420 bits per heavy atom. The third kappa shape index (κ3) is 11.7. The molecular formula is C77H124O11. The van der Waals surface area contributed by atoms with Gasteiger partial charge in [0.05, 0.1) is 12.2 Å². The predicted molar refractivity (Wildman–Crippen MR) is 344 cm³/mol. The molecule has 0 heterocycles. The molecule has 11 heteroatoms. The minimum atomic E-state index is -0.697. The molecule has 498 valence electrons. The molecule has 12 saturated carbocycles. The summed E-state index contributed by atoms with van der Waals surface area (Å²) in [6.45, 7) is 28.2. The Kier molecular flexibility index (Phi) is 20.1. The van der Waals surface area contributed by atoms with Crippen molar-refractivity contribution in [3.8, 4) is 0 Å². The fraction of sp³-hybridized carbons (Fsp3) is 0.922. The molecule has 0 saturated heterocycles. The predicted octanol–water partition coefficient (Wildman–Crippen LogP) is 16.6. The first-order valence-corrected chi connectivity index (χ1v) is 37.0. The second-order valence-corrected chi connectivity index (χ2v) is 35.3. The lowest BCUT2D eigenvalue weighted by Crippen LogP contribution is -2.60. The molecule has 0 aromatic rings. The molecule has 12 rings (SSSR count). The zero-order valence-corrected chi connectivity index (χ0v) is 57.2. The summed E-state index contributed by atoms with van der Waals surface area (Å²) in [5.74, 6) is 8.36. The lowest BCUT2D eigenvalue weighted by Gasteiger charge is -2.62. The van der Waals surface area contributed by atoms with Crippen LogP contribution in [0.4, 0.5) is 0 Å². The number of aliphatic hydroxyl groups is 2. The van der Waals surface area contributed by atoms with Crippen molar-refractivity contribution in [1.82, 2.24) is 0 Å². The van der Waals surface area contributed by atoms with Crippen molar-refractivity contribution in [3.63, 3.8) is 0 Å². The molecule has 29 atom stereocenters. The van der Waals surface area contributed by atoms with Crippen molar-refractivity contribution in [2.45, 2.75) is 288 Å². The van der Waals surface area contributed by atoms with E-state index in [1.54, 1.807) is 0 Å². The molecule has 6 unspecified atom stereocenters. The standard InChI is InChI=1S/2C26H42O4.C25H40O3/c2*1-5-17-21-14-16(27)10-12-26(21,4)20-11-13-25(3)18(15(2)6-9-22(28)29)7-8-19(25)23(20)24(17)30;1-15-9-11-24(3)17(13-15)14-21(26)23-19-7-6-18(16(2)5-8-22(27)28)25(19,4)12-10-20(23)24/h2*15-21,23,27H,5-14H2,1-4H3,(H,28,29);15-20,23H,5-14H2,1-4H3,(H,27,28)/t15-,16-,17+,18-,19?,20?,21+,23+,25-,26-;15-,16-,17-,18-,19?,20?,21+,23+,25-,26-;15-,16-,17+,18-,19?,20?,23+,24+,25-/m111/s1. The van der Waals surface area contributed by atoms with E-state index in [4.69, 9.17) is 15.3 Å². The Bertz CT molecular complexity index is 2440. The first-order valence-electron chi connectivity index (χ1n) is 37.0. The fourth-order valence-electron chi connectivity index (χ4n) is 27.0. The van der Waals surface area contributed by atoms with E-state index in [0.29, 0.717) is 112 Å². The summed E-state index contributed by atoms with van der Waals surface area (Å²) >= 11 is 0. The fourth-order valence-corrected chi connectivity index (χ4v) is 27.0. The summed E-state index contributed by atoms with van der Waals surface area (Å²) in [7, 11) is 0. The van der Waals surface area contributed by atoms with Crippen LogP contribution in [-0.4, -0.2) is 73.0 Å². The van der Waals surface area contributed by atoms with Gasteiger partial charge in [-0.05, 0) is 288 Å². The van der Waals surface area contributed by atoms with Crippen LogP contribution in [0.3, 0.4) is 0 Å². The average Bonchev–Trinajstić information content (AvgIpc) is 1.59. The van der Waals surface area contributed by atoms with E-state index in [2.05, 4.69) is 83.1 Å². The molecule has 88 heavy (non-hydrogen) atoms. The van der Waals surface area contributed by atoms with E-state index in [9.17, 15) is 39.0 Å². The van der Waals surface area contributed by atoms with Crippen molar-refractivity contribution >= 4 is 35.3 Å². The van der Waals surface area contributed by atoms with Crippen LogP contribution in [0, 0.1) is 157 Å². The average molecular weight is 1230 g/mol. The molecule has 0 bridgehead atoms. The maximum Gasteiger partial charge on any atom is 0.303 e. The normalized spacial score (nSPS) is 49.1. The molecule has 0 aromatic heterocycles. The minimum Gasteiger partial charge on any atom is -0.481 e. The number of carbonyl (C=O) groups is 6. The maximum absolute atomic E-state index is 13.9. The van der Waals surface area contributed by atoms with E-state index in [0.717, 1.165) is 121 Å². The summed E-state index contributed by atoms with van der Waals surface area (Å²) in [5.41, 5.74) is 1.33. The van der Waals surface area contributed by atoms with E-state index < -0.39 is 17.9 Å². The molecule has 0 spiro atoms. The van der Waals surface area contributed by atoms with Crippen LogP contribution in [0.25, 0.3) is 0 Å². The molecular weight excluding hydrogens is 1100 g/mol. The number of aliphatic carboxylic acids is 3. The second-order valence-electron chi connectivity index (χ2n) is 35.3. The Morgan fingerprint density at radius 3 is 1.09 bits per heavy atom. The summed E-state index contributed by atoms with van der Waals surface area (Å²) in [4.78, 5) is 74.5. The Balaban J connectivity index is 0.000000146. The van der Waals surface area contributed by atoms with Crippen LogP contribution in [0.5, 0.6) is 0 Å². The molecule has 0 aliphatic heterocycles. The van der Waals surface area contributed by atoms with Gasteiger partial charge in [-0.1, -0.05) is 89.5 Å². The summed E-state index contributed by atoms with van der Waals surface area (Å²) in [6.07, 6.45) is 28.6. The van der Waals surface area contributed by atoms with Crippen LogP contribution in [-0.2, 0) is 28.8 Å². The van der Waals surface area contributed by atoms with Crippen LogP contribution >= 0.6 is 0 Å². The minimum absolute atomic E-state index is 0.108. The van der Waals surface area contributed by atoms with Crippen molar-refractivity contribution in [2.24, 2.45) is 157 Å². The van der Waals surface area contributed by atoms with Gasteiger partial charge in [0.25, 0.3) is 0 Å². The largest absolute Gasteiger partial charge is 0.481 e. The number of fused-ring (bicyclic) bond motifs is 15. The Labute approximate surface area is 531 Å². The van der Waals surface area contributed by atoms with Crippen molar-refractivity contribution in [2.75, 3.05) is 0 Å². The maximum atomic E-state index is 13.9. The summed E-state index contributed by atoms with van der Waals surface area (Å²) in [5, 5.41) is 48.2. The SMILES string of the molecule is CC[C@@H]1C(=O)[C@H]2C3CC[C@H]([C@H](C)CCC(=O)O)[C@@]3(C)CCC2[C@@]2(C)CC[C@@H](O)C[C@@H]12.CC[C@H]1C(=O)[C@H]2C3CC[C@H]([C@H](C)CCC(=O)O)[C@@]3(C)CCC2[C@@]2(C)CC[C@@H](O)C[C@@H]12.C[C@@H]1CC[C@]2(C)C3CC[C@@]4(C)C(CC[C@@H]4[C@H](C)CCC(=O)O)[C@@H]3C(=O)C[C@@H]2C1. The van der Waals surface area contributed by atoms with Crippen molar-refractivity contribution in [1.29, 1.82) is 0 Å². The van der Waals surface area contributed by atoms with Gasteiger partial charge in [0, 0.05) is 55.3 Å². The molecule has 12 fully saturated rings. The zero-order chi connectivity index (χ0) is 64.0. The number of hydrogen-bond donors (Lipinski definition) is 5. The molecule has 0 aromatic carbocycles. The molecule has 12 aliphatic rings. The molecule has 5 N–H and O–H groups in total. The molecule has 0 radical (unpaired) electrons. The second kappa shape index (κ2) is 25.9. The van der Waals surface area contributed by atoms with E-state index in [-0.39, 0.29) is 88.1 Å². The monoisotopic (exact) mass is 1220 g/mol. The number of carbonyl (C=O) groups excluding carboxylic acids is 3. The topological polar surface area (TPSA) is 204 Å². The van der Waals surface area contributed by atoms with Gasteiger partial charge >= 0.3 is 17.9 Å². The summed E-state index contributed by atoms with van der Waals surface area (Å²) in [6, 6.07) is 0. The van der Waals surface area contributed by atoms with Gasteiger partial charge in [-0.25, -0.2) is 0 Å². The number of rotatable bonds is 14. The van der Waals surface area contributed by atoms with Crippen molar-refractivity contribution in [3.05, 3.63) is 0 Å². The highest BCUT2D eigenvalue weighted by Gasteiger charge is 2.68. The highest BCUT2D eigenvalue weighted by atomic mass is 16.4. The number of aliphatic hydroxyl groups excluding tert-OH is 2. The number of Topliss-reactive ketones (excluding diaryl/α,β-unsaturated/α-hetero) is 3. The van der Waals surface area contributed by atoms with E-state index >= 15 is 0 Å². The van der Waals surface area contributed by atoms with Gasteiger partial charge in [0.2, 0.25) is 0 Å². The first kappa shape index (κ1) is 68.2. The highest BCUT2D eigenvalue weighted by molar-refractivity contribution is 5.87. The molecule has 0 amide bonds. The third-order valence-corrected chi connectivity index (χ3v) is 31.7. The highest BCUT2D eigenvalue weighted by Crippen LogP contribution is 2.72. The van der Waals surface area contributed by atoms with E-state index in [1.165, 1.54) is 57.8 Å². The lowest BCUT2D eigenvalue weighted by atomic mass is 9.42. The lowest BCUT2D eigenvalue weighted by molar-refractivity contribution is -0.173. The molecule has 11 nitrogen and oxygen atoms in total.